The summed E-state index contributed by atoms with van der Waals surface area (Å²) in [6.45, 7) is 4.51. The molecule has 0 heterocycles. The maximum absolute atomic E-state index is 6.22. The van der Waals surface area contributed by atoms with Crippen LogP contribution in [0.2, 0.25) is 0 Å². The quantitative estimate of drug-likeness (QED) is 0.844. The van der Waals surface area contributed by atoms with Crippen molar-refractivity contribution in [2.24, 2.45) is 11.1 Å². The van der Waals surface area contributed by atoms with Crippen LogP contribution in [0.15, 0.2) is 54.6 Å². The first kappa shape index (κ1) is 11.5. The fourth-order valence-corrected chi connectivity index (χ4v) is 2.92. The molecule has 0 spiro atoms. The second kappa shape index (κ2) is 3.96. The highest BCUT2D eigenvalue weighted by atomic mass is 14.8. The first-order chi connectivity index (χ1) is 8.62. The highest BCUT2D eigenvalue weighted by Gasteiger charge is 2.56. The van der Waals surface area contributed by atoms with Crippen molar-refractivity contribution in [1.82, 2.24) is 0 Å². The molecule has 0 saturated heterocycles. The van der Waals surface area contributed by atoms with E-state index in [9.17, 15) is 0 Å². The molecule has 2 aromatic carbocycles. The third-order valence-electron chi connectivity index (χ3n) is 4.29. The van der Waals surface area contributed by atoms with Crippen molar-refractivity contribution in [3.05, 3.63) is 60.2 Å². The molecule has 0 radical (unpaired) electrons. The smallest absolute Gasteiger partial charge is 0.0172 e. The number of hydrogen-bond acceptors (Lipinski definition) is 1. The zero-order valence-electron chi connectivity index (χ0n) is 10.9. The van der Waals surface area contributed by atoms with E-state index < -0.39 is 0 Å². The van der Waals surface area contributed by atoms with Crippen molar-refractivity contribution in [1.29, 1.82) is 0 Å². The van der Waals surface area contributed by atoms with Gasteiger partial charge in [-0.05, 0) is 22.1 Å². The molecule has 0 amide bonds. The third-order valence-corrected chi connectivity index (χ3v) is 4.29. The summed E-state index contributed by atoms with van der Waals surface area (Å²) >= 11 is 0. The van der Waals surface area contributed by atoms with Gasteiger partial charge >= 0.3 is 0 Å². The molecule has 2 aromatic rings. The Hall–Kier alpha value is -1.60. The molecule has 92 valence electrons. The normalized spacial score (nSPS) is 24.8. The summed E-state index contributed by atoms with van der Waals surface area (Å²) < 4.78 is 0. The summed E-state index contributed by atoms with van der Waals surface area (Å²) in [5.74, 6) is 0.480. The minimum atomic E-state index is 0.227. The van der Waals surface area contributed by atoms with Crippen molar-refractivity contribution < 1.29 is 0 Å². The van der Waals surface area contributed by atoms with Gasteiger partial charge in [0.1, 0.15) is 0 Å². The SMILES string of the molecule is CC1(C)[C@@H](N)[C@@H]1c1ccccc1-c1ccccc1. The Kier molecular flexibility index (Phi) is 2.53. The molecular weight excluding hydrogens is 218 g/mol. The van der Waals surface area contributed by atoms with Gasteiger partial charge < -0.3 is 5.73 Å². The van der Waals surface area contributed by atoms with E-state index in [-0.39, 0.29) is 11.5 Å². The second-order valence-corrected chi connectivity index (χ2v) is 5.78. The van der Waals surface area contributed by atoms with Gasteiger partial charge in [-0.15, -0.1) is 0 Å². The van der Waals surface area contributed by atoms with Gasteiger partial charge in [0.05, 0.1) is 0 Å². The summed E-state index contributed by atoms with van der Waals surface area (Å²) in [5.41, 5.74) is 10.4. The Morgan fingerprint density at radius 2 is 1.44 bits per heavy atom. The minimum Gasteiger partial charge on any atom is -0.327 e. The summed E-state index contributed by atoms with van der Waals surface area (Å²) in [5, 5.41) is 0. The van der Waals surface area contributed by atoms with Gasteiger partial charge in [0.15, 0.2) is 0 Å². The molecule has 1 fully saturated rings. The topological polar surface area (TPSA) is 26.0 Å². The van der Waals surface area contributed by atoms with Crippen LogP contribution in [0.5, 0.6) is 0 Å². The van der Waals surface area contributed by atoms with Crippen molar-refractivity contribution in [2.75, 3.05) is 0 Å². The van der Waals surface area contributed by atoms with Gasteiger partial charge in [-0.25, -0.2) is 0 Å². The molecule has 0 unspecified atom stereocenters. The van der Waals surface area contributed by atoms with Gasteiger partial charge in [0.2, 0.25) is 0 Å². The first-order valence-electron chi connectivity index (χ1n) is 6.52. The standard InChI is InChI=1S/C17H19N/c1-17(2)15(16(17)18)14-11-7-6-10-13(14)12-8-4-3-5-9-12/h3-11,15-16H,18H2,1-2H3/t15-,16-/m0/s1. The second-order valence-electron chi connectivity index (χ2n) is 5.78. The van der Waals surface area contributed by atoms with Crippen LogP contribution >= 0.6 is 0 Å². The van der Waals surface area contributed by atoms with Gasteiger partial charge in [0.25, 0.3) is 0 Å². The lowest BCUT2D eigenvalue weighted by molar-refractivity contribution is 0.599. The number of hydrogen-bond donors (Lipinski definition) is 1. The van der Waals surface area contributed by atoms with E-state index in [0.717, 1.165) is 0 Å². The van der Waals surface area contributed by atoms with Crippen molar-refractivity contribution >= 4 is 0 Å². The van der Waals surface area contributed by atoms with E-state index in [1.54, 1.807) is 0 Å². The molecule has 3 rings (SSSR count). The van der Waals surface area contributed by atoms with Crippen LogP contribution in [-0.2, 0) is 0 Å². The Bertz CT molecular complexity index is 557. The lowest BCUT2D eigenvalue weighted by Gasteiger charge is -2.10. The molecule has 0 aromatic heterocycles. The molecule has 1 aliphatic carbocycles. The highest BCUT2D eigenvalue weighted by Crippen LogP contribution is 2.58. The number of benzene rings is 2. The predicted molar refractivity (Wildman–Crippen MR) is 76.4 cm³/mol. The maximum Gasteiger partial charge on any atom is 0.0172 e. The monoisotopic (exact) mass is 237 g/mol. The molecule has 18 heavy (non-hydrogen) atoms. The molecule has 0 aliphatic heterocycles. The number of nitrogens with two attached hydrogens (primary N) is 1. The molecule has 2 N–H and O–H groups in total. The van der Waals surface area contributed by atoms with E-state index in [1.807, 2.05) is 0 Å². The van der Waals surface area contributed by atoms with E-state index in [4.69, 9.17) is 5.73 Å². The van der Waals surface area contributed by atoms with Crippen LogP contribution < -0.4 is 5.73 Å². The zero-order valence-corrected chi connectivity index (χ0v) is 10.9. The lowest BCUT2D eigenvalue weighted by Crippen LogP contribution is -2.06. The van der Waals surface area contributed by atoms with Gasteiger partial charge in [-0.3, -0.25) is 0 Å². The minimum absolute atomic E-state index is 0.227. The van der Waals surface area contributed by atoms with Crippen molar-refractivity contribution in [2.45, 2.75) is 25.8 Å². The van der Waals surface area contributed by atoms with Gasteiger partial charge in [-0.2, -0.15) is 0 Å². The maximum atomic E-state index is 6.22. The molecule has 0 bridgehead atoms. The van der Waals surface area contributed by atoms with Gasteiger partial charge in [-0.1, -0.05) is 68.4 Å². The van der Waals surface area contributed by atoms with Crippen molar-refractivity contribution in [3.8, 4) is 11.1 Å². The van der Waals surface area contributed by atoms with E-state index in [1.165, 1.54) is 16.7 Å². The number of rotatable bonds is 2. The molecular formula is C17H19N. The largest absolute Gasteiger partial charge is 0.327 e. The molecule has 1 saturated carbocycles. The Morgan fingerprint density at radius 3 is 2.06 bits per heavy atom. The molecule has 1 aliphatic rings. The Morgan fingerprint density at radius 1 is 0.889 bits per heavy atom. The third kappa shape index (κ3) is 1.67. The zero-order chi connectivity index (χ0) is 12.8. The van der Waals surface area contributed by atoms with E-state index >= 15 is 0 Å². The first-order valence-corrected chi connectivity index (χ1v) is 6.52. The Balaban J connectivity index is 2.08. The average molecular weight is 237 g/mol. The average Bonchev–Trinajstić information content (AvgIpc) is 2.89. The van der Waals surface area contributed by atoms with Crippen LogP contribution in [0.1, 0.15) is 25.3 Å². The van der Waals surface area contributed by atoms with Crippen LogP contribution in [0.3, 0.4) is 0 Å². The summed E-state index contributed by atoms with van der Waals surface area (Å²) in [6, 6.07) is 19.5. The molecule has 2 atom stereocenters. The summed E-state index contributed by atoms with van der Waals surface area (Å²) in [4.78, 5) is 0. The fraction of sp³-hybridized carbons (Fsp3) is 0.294. The van der Waals surface area contributed by atoms with E-state index in [0.29, 0.717) is 5.92 Å². The summed E-state index contributed by atoms with van der Waals surface area (Å²) in [6.07, 6.45) is 0. The van der Waals surface area contributed by atoms with Crippen LogP contribution in [0.25, 0.3) is 11.1 Å². The Labute approximate surface area is 109 Å². The lowest BCUT2D eigenvalue weighted by atomic mass is 9.94. The molecule has 1 nitrogen and oxygen atoms in total. The van der Waals surface area contributed by atoms with Gasteiger partial charge in [0, 0.05) is 12.0 Å². The van der Waals surface area contributed by atoms with Crippen LogP contribution in [-0.4, -0.2) is 6.04 Å². The van der Waals surface area contributed by atoms with Crippen LogP contribution in [0.4, 0.5) is 0 Å². The predicted octanol–water partition coefficient (Wildman–Crippen LogP) is 3.80. The van der Waals surface area contributed by atoms with Crippen LogP contribution in [0, 0.1) is 5.41 Å². The summed E-state index contributed by atoms with van der Waals surface area (Å²) in [7, 11) is 0. The fourth-order valence-electron chi connectivity index (χ4n) is 2.92. The van der Waals surface area contributed by atoms with E-state index in [2.05, 4.69) is 68.4 Å². The molecule has 1 heteroatoms. The highest BCUT2D eigenvalue weighted by molar-refractivity contribution is 5.69. The van der Waals surface area contributed by atoms with Crippen molar-refractivity contribution in [3.63, 3.8) is 0 Å².